The van der Waals surface area contributed by atoms with Gasteiger partial charge < -0.3 is 20.2 Å². The van der Waals surface area contributed by atoms with Crippen LogP contribution < -0.4 is 5.32 Å². The summed E-state index contributed by atoms with van der Waals surface area (Å²) in [6.45, 7) is 7.51. The van der Waals surface area contributed by atoms with Crippen molar-refractivity contribution in [3.05, 3.63) is 0 Å². The topological polar surface area (TPSA) is 55.8 Å². The number of likely N-dealkylation sites (N-methyl/N-ethyl adjacent to an activating group) is 1. The van der Waals surface area contributed by atoms with Crippen molar-refractivity contribution in [3.63, 3.8) is 0 Å². The minimum Gasteiger partial charge on any atom is -0.395 e. The zero-order valence-corrected chi connectivity index (χ0v) is 11.9. The first-order valence-electron chi connectivity index (χ1n) is 5.98. The predicted octanol–water partition coefficient (Wildman–Crippen LogP) is 0.596. The molecule has 5 nitrogen and oxygen atoms in total. The van der Waals surface area contributed by atoms with Crippen molar-refractivity contribution in [2.75, 3.05) is 40.8 Å². The van der Waals surface area contributed by atoms with E-state index >= 15 is 0 Å². The fraction of sp³-hybridized carbons (Fsp3) is 0.917. The Bertz CT molecular complexity index is 242. The maximum absolute atomic E-state index is 11.8. The number of aliphatic hydroxyl groups excluding tert-OH is 1. The van der Waals surface area contributed by atoms with Gasteiger partial charge in [-0.3, -0.25) is 0 Å². The van der Waals surface area contributed by atoms with E-state index in [0.29, 0.717) is 6.54 Å². The van der Waals surface area contributed by atoms with E-state index in [9.17, 15) is 4.79 Å². The van der Waals surface area contributed by atoms with E-state index in [1.165, 1.54) is 4.90 Å². The Hall–Kier alpha value is -0.810. The maximum Gasteiger partial charge on any atom is 0.317 e. The number of hydrogen-bond acceptors (Lipinski definition) is 3. The molecule has 0 aromatic heterocycles. The first-order chi connectivity index (χ1) is 7.70. The third-order valence-corrected chi connectivity index (χ3v) is 3.02. The summed E-state index contributed by atoms with van der Waals surface area (Å²) in [5, 5.41) is 11.7. The van der Waals surface area contributed by atoms with Crippen molar-refractivity contribution in [1.29, 1.82) is 0 Å². The number of amides is 2. The molecular weight excluding hydrogens is 218 g/mol. The summed E-state index contributed by atoms with van der Waals surface area (Å²) in [6.07, 6.45) is 0. The Balaban J connectivity index is 4.32. The monoisotopic (exact) mass is 245 g/mol. The molecule has 0 aliphatic heterocycles. The summed E-state index contributed by atoms with van der Waals surface area (Å²) in [4.78, 5) is 15.4. The van der Waals surface area contributed by atoms with Crippen LogP contribution in [-0.2, 0) is 0 Å². The van der Waals surface area contributed by atoms with Crippen LogP contribution in [0.15, 0.2) is 0 Å². The van der Waals surface area contributed by atoms with Crippen LogP contribution >= 0.6 is 0 Å². The Kier molecular flexibility index (Phi) is 6.49. The van der Waals surface area contributed by atoms with Gasteiger partial charge in [0.1, 0.15) is 0 Å². The molecule has 17 heavy (non-hydrogen) atoms. The van der Waals surface area contributed by atoms with Gasteiger partial charge in [0.05, 0.1) is 6.61 Å². The second-order valence-corrected chi connectivity index (χ2v) is 5.54. The van der Waals surface area contributed by atoms with E-state index in [-0.39, 0.29) is 24.1 Å². The van der Waals surface area contributed by atoms with Crippen LogP contribution in [0.4, 0.5) is 4.79 Å². The molecule has 2 amide bonds. The van der Waals surface area contributed by atoms with Crippen molar-refractivity contribution >= 4 is 6.03 Å². The van der Waals surface area contributed by atoms with Gasteiger partial charge >= 0.3 is 6.03 Å². The molecule has 5 heteroatoms. The number of urea groups is 1. The van der Waals surface area contributed by atoms with Gasteiger partial charge in [-0.25, -0.2) is 4.79 Å². The Morgan fingerprint density at radius 1 is 1.35 bits per heavy atom. The summed E-state index contributed by atoms with van der Waals surface area (Å²) >= 11 is 0. The minimum atomic E-state index is -0.140. The highest BCUT2D eigenvalue weighted by atomic mass is 16.3. The lowest BCUT2D eigenvalue weighted by Gasteiger charge is -2.35. The third-order valence-electron chi connectivity index (χ3n) is 3.02. The van der Waals surface area contributed by atoms with Crippen molar-refractivity contribution in [1.82, 2.24) is 15.1 Å². The lowest BCUT2D eigenvalue weighted by atomic mass is 9.85. The lowest BCUT2D eigenvalue weighted by Crippen LogP contribution is -2.51. The second-order valence-electron chi connectivity index (χ2n) is 5.54. The van der Waals surface area contributed by atoms with Gasteiger partial charge in [0.2, 0.25) is 0 Å². The van der Waals surface area contributed by atoms with E-state index in [4.69, 9.17) is 5.11 Å². The first kappa shape index (κ1) is 16.2. The highest BCUT2D eigenvalue weighted by molar-refractivity contribution is 5.74. The molecule has 2 N–H and O–H groups in total. The third kappa shape index (κ3) is 5.89. The van der Waals surface area contributed by atoms with Crippen LogP contribution in [0.5, 0.6) is 0 Å². The summed E-state index contributed by atoms with van der Waals surface area (Å²) < 4.78 is 0. The summed E-state index contributed by atoms with van der Waals surface area (Å²) in [7, 11) is 5.72. The molecule has 1 atom stereocenters. The molecule has 0 aromatic rings. The van der Waals surface area contributed by atoms with Gasteiger partial charge in [0, 0.05) is 26.2 Å². The largest absolute Gasteiger partial charge is 0.395 e. The maximum atomic E-state index is 11.8. The molecule has 0 radical (unpaired) electrons. The van der Waals surface area contributed by atoms with Crippen molar-refractivity contribution in [2.45, 2.75) is 26.8 Å². The standard InChI is InChI=1S/C12H27N3O2/c1-10(12(2,3)9-14(4)5)13-11(17)15(6)7-8-16/h10,16H,7-9H2,1-6H3,(H,13,17). The zero-order valence-electron chi connectivity index (χ0n) is 11.9. The highest BCUT2D eigenvalue weighted by Gasteiger charge is 2.28. The molecule has 0 saturated carbocycles. The second kappa shape index (κ2) is 6.81. The Labute approximate surface area is 105 Å². The van der Waals surface area contributed by atoms with Crippen molar-refractivity contribution < 1.29 is 9.90 Å². The van der Waals surface area contributed by atoms with Gasteiger partial charge in [-0.15, -0.1) is 0 Å². The molecule has 0 aliphatic rings. The molecule has 0 heterocycles. The number of rotatable bonds is 6. The van der Waals surface area contributed by atoms with Crippen LogP contribution in [0.1, 0.15) is 20.8 Å². The summed E-state index contributed by atoms with van der Waals surface area (Å²) in [5.41, 5.74) is -0.000779. The number of nitrogens with one attached hydrogen (secondary N) is 1. The summed E-state index contributed by atoms with van der Waals surface area (Å²) in [6, 6.07) is -0.0723. The molecule has 0 saturated heterocycles. The molecule has 0 bridgehead atoms. The van der Waals surface area contributed by atoms with Crippen LogP contribution in [0.2, 0.25) is 0 Å². The molecule has 0 spiro atoms. The number of carbonyl (C=O) groups is 1. The molecule has 0 aliphatic carbocycles. The smallest absolute Gasteiger partial charge is 0.317 e. The van der Waals surface area contributed by atoms with Crippen LogP contribution in [0.25, 0.3) is 0 Å². The van der Waals surface area contributed by atoms with E-state index in [2.05, 4.69) is 24.1 Å². The Morgan fingerprint density at radius 2 is 1.88 bits per heavy atom. The van der Waals surface area contributed by atoms with Gasteiger partial charge in [-0.2, -0.15) is 0 Å². The predicted molar refractivity (Wildman–Crippen MR) is 70.0 cm³/mol. The molecule has 0 rings (SSSR count). The number of aliphatic hydroxyl groups is 1. The minimum absolute atomic E-state index is 0.000779. The molecule has 0 aromatic carbocycles. The molecule has 1 unspecified atom stereocenters. The SMILES string of the molecule is CC(NC(=O)N(C)CCO)C(C)(C)CN(C)C. The van der Waals surface area contributed by atoms with Crippen molar-refractivity contribution in [2.24, 2.45) is 5.41 Å². The van der Waals surface area contributed by atoms with E-state index in [1.807, 2.05) is 21.0 Å². The normalized spacial score (nSPS) is 13.6. The number of nitrogens with zero attached hydrogens (tertiary/aromatic N) is 2. The quantitative estimate of drug-likeness (QED) is 0.720. The van der Waals surface area contributed by atoms with Crippen LogP contribution in [0, 0.1) is 5.41 Å². The van der Waals surface area contributed by atoms with Gasteiger partial charge in [-0.1, -0.05) is 13.8 Å². The fourth-order valence-corrected chi connectivity index (χ4v) is 1.69. The van der Waals surface area contributed by atoms with Crippen LogP contribution in [0.3, 0.4) is 0 Å². The van der Waals surface area contributed by atoms with E-state index in [1.54, 1.807) is 7.05 Å². The number of hydrogen-bond donors (Lipinski definition) is 2. The number of carbonyl (C=O) groups excluding carboxylic acids is 1. The summed E-state index contributed by atoms with van der Waals surface area (Å²) in [5.74, 6) is 0. The van der Waals surface area contributed by atoms with E-state index < -0.39 is 0 Å². The van der Waals surface area contributed by atoms with Crippen molar-refractivity contribution in [3.8, 4) is 0 Å². The zero-order chi connectivity index (χ0) is 13.6. The van der Waals surface area contributed by atoms with Gasteiger partial charge in [0.15, 0.2) is 0 Å². The first-order valence-corrected chi connectivity index (χ1v) is 5.98. The average Bonchev–Trinajstić information content (AvgIpc) is 2.15. The molecule has 102 valence electrons. The van der Waals surface area contributed by atoms with E-state index in [0.717, 1.165) is 6.54 Å². The lowest BCUT2D eigenvalue weighted by molar-refractivity contribution is 0.159. The molecule has 0 fully saturated rings. The fourth-order valence-electron chi connectivity index (χ4n) is 1.69. The average molecular weight is 245 g/mol. The highest BCUT2D eigenvalue weighted by Crippen LogP contribution is 2.21. The Morgan fingerprint density at radius 3 is 2.29 bits per heavy atom. The van der Waals surface area contributed by atoms with Crippen LogP contribution in [-0.4, -0.2) is 67.8 Å². The molecular formula is C12H27N3O2. The van der Waals surface area contributed by atoms with Gasteiger partial charge in [-0.05, 0) is 26.4 Å². The van der Waals surface area contributed by atoms with Gasteiger partial charge in [0.25, 0.3) is 0 Å².